The van der Waals surface area contributed by atoms with E-state index in [0.29, 0.717) is 12.0 Å². The molecule has 1 aromatic carbocycles. The SMILES string of the molecule is CCCCCCCC(NN)c1ccc(C(C)C)cc1. The molecule has 0 fully saturated rings. The normalized spacial score (nSPS) is 12.9. The molecule has 2 nitrogen and oxygen atoms in total. The summed E-state index contributed by atoms with van der Waals surface area (Å²) in [6.07, 6.45) is 7.69. The maximum Gasteiger partial charge on any atom is 0.0460 e. The molecule has 19 heavy (non-hydrogen) atoms. The van der Waals surface area contributed by atoms with Crippen molar-refractivity contribution in [3.63, 3.8) is 0 Å². The molecule has 0 saturated carbocycles. The summed E-state index contributed by atoms with van der Waals surface area (Å²) in [5.74, 6) is 6.28. The smallest absolute Gasteiger partial charge is 0.0460 e. The lowest BCUT2D eigenvalue weighted by Gasteiger charge is -2.17. The molecule has 1 atom stereocenters. The zero-order valence-electron chi connectivity index (χ0n) is 12.8. The molecule has 0 saturated heterocycles. The van der Waals surface area contributed by atoms with Crippen LogP contribution in [0, 0.1) is 0 Å². The lowest BCUT2D eigenvalue weighted by molar-refractivity contribution is 0.479. The van der Waals surface area contributed by atoms with E-state index in [9.17, 15) is 0 Å². The third-order valence-corrected chi connectivity index (χ3v) is 3.80. The third-order valence-electron chi connectivity index (χ3n) is 3.80. The fourth-order valence-corrected chi connectivity index (χ4v) is 2.41. The van der Waals surface area contributed by atoms with Gasteiger partial charge in [-0.2, -0.15) is 0 Å². The predicted molar refractivity (Wildman–Crippen MR) is 84.0 cm³/mol. The number of nitrogens with one attached hydrogen (secondary N) is 1. The van der Waals surface area contributed by atoms with E-state index in [4.69, 9.17) is 5.84 Å². The molecule has 1 rings (SSSR count). The second-order valence-corrected chi connectivity index (χ2v) is 5.74. The van der Waals surface area contributed by atoms with Gasteiger partial charge in [-0.1, -0.05) is 77.1 Å². The van der Waals surface area contributed by atoms with E-state index in [1.807, 2.05) is 0 Å². The monoisotopic (exact) mass is 262 g/mol. The highest BCUT2D eigenvalue weighted by molar-refractivity contribution is 5.26. The van der Waals surface area contributed by atoms with Gasteiger partial charge >= 0.3 is 0 Å². The number of rotatable bonds is 9. The number of unbranched alkanes of at least 4 members (excludes halogenated alkanes) is 4. The average Bonchev–Trinajstić information content (AvgIpc) is 2.43. The molecule has 1 aromatic rings. The van der Waals surface area contributed by atoms with Gasteiger partial charge in [0.2, 0.25) is 0 Å². The summed E-state index contributed by atoms with van der Waals surface area (Å²) >= 11 is 0. The van der Waals surface area contributed by atoms with Crippen molar-refractivity contribution in [2.75, 3.05) is 0 Å². The maximum absolute atomic E-state index is 5.69. The van der Waals surface area contributed by atoms with Crippen LogP contribution in [0.25, 0.3) is 0 Å². The molecule has 0 spiro atoms. The molecule has 0 aliphatic carbocycles. The predicted octanol–water partition coefficient (Wildman–Crippen LogP) is 4.67. The largest absolute Gasteiger partial charge is 0.271 e. The first-order valence-corrected chi connectivity index (χ1v) is 7.75. The van der Waals surface area contributed by atoms with Crippen molar-refractivity contribution in [2.24, 2.45) is 5.84 Å². The Balaban J connectivity index is 2.45. The zero-order chi connectivity index (χ0) is 14.1. The molecule has 1 unspecified atom stereocenters. The van der Waals surface area contributed by atoms with Gasteiger partial charge in [-0.25, -0.2) is 0 Å². The van der Waals surface area contributed by atoms with Gasteiger partial charge < -0.3 is 0 Å². The van der Waals surface area contributed by atoms with E-state index < -0.39 is 0 Å². The Morgan fingerprint density at radius 3 is 2.05 bits per heavy atom. The second kappa shape index (κ2) is 9.11. The number of hydrogen-bond acceptors (Lipinski definition) is 2. The van der Waals surface area contributed by atoms with Crippen LogP contribution < -0.4 is 11.3 Å². The number of hydrazine groups is 1. The van der Waals surface area contributed by atoms with E-state index >= 15 is 0 Å². The molecule has 108 valence electrons. The van der Waals surface area contributed by atoms with Crippen molar-refractivity contribution >= 4 is 0 Å². The van der Waals surface area contributed by atoms with E-state index in [1.165, 1.54) is 43.2 Å². The molecule has 0 aromatic heterocycles. The van der Waals surface area contributed by atoms with Crippen molar-refractivity contribution in [3.05, 3.63) is 35.4 Å². The minimum atomic E-state index is 0.294. The minimum absolute atomic E-state index is 0.294. The van der Waals surface area contributed by atoms with Crippen molar-refractivity contribution in [3.8, 4) is 0 Å². The molecule has 0 bridgehead atoms. The summed E-state index contributed by atoms with van der Waals surface area (Å²) in [5, 5.41) is 0. The summed E-state index contributed by atoms with van der Waals surface area (Å²) in [5.41, 5.74) is 5.66. The highest BCUT2D eigenvalue weighted by Gasteiger charge is 2.09. The Labute approximate surface area is 118 Å². The third kappa shape index (κ3) is 5.75. The maximum atomic E-state index is 5.69. The Morgan fingerprint density at radius 1 is 0.947 bits per heavy atom. The Kier molecular flexibility index (Phi) is 7.76. The molecular weight excluding hydrogens is 232 g/mol. The van der Waals surface area contributed by atoms with Crippen LogP contribution in [0.3, 0.4) is 0 Å². The van der Waals surface area contributed by atoms with E-state index in [2.05, 4.69) is 50.5 Å². The fraction of sp³-hybridized carbons (Fsp3) is 0.647. The van der Waals surface area contributed by atoms with Crippen LogP contribution in [-0.4, -0.2) is 0 Å². The lowest BCUT2D eigenvalue weighted by Crippen LogP contribution is -2.28. The summed E-state index contributed by atoms with van der Waals surface area (Å²) in [4.78, 5) is 0. The van der Waals surface area contributed by atoms with Crippen LogP contribution in [-0.2, 0) is 0 Å². The Morgan fingerprint density at radius 2 is 1.53 bits per heavy atom. The van der Waals surface area contributed by atoms with Crippen LogP contribution in [0.15, 0.2) is 24.3 Å². The van der Waals surface area contributed by atoms with Gasteiger partial charge in [0.05, 0.1) is 0 Å². The van der Waals surface area contributed by atoms with Crippen molar-refractivity contribution in [1.82, 2.24) is 5.43 Å². The van der Waals surface area contributed by atoms with Gasteiger partial charge in [0, 0.05) is 6.04 Å². The lowest BCUT2D eigenvalue weighted by atomic mass is 9.96. The summed E-state index contributed by atoms with van der Waals surface area (Å²) in [6.45, 7) is 6.70. The first-order valence-electron chi connectivity index (χ1n) is 7.75. The van der Waals surface area contributed by atoms with Gasteiger partial charge in [-0.05, 0) is 23.5 Å². The molecule has 0 radical (unpaired) electrons. The zero-order valence-corrected chi connectivity index (χ0v) is 12.8. The van der Waals surface area contributed by atoms with Crippen molar-refractivity contribution < 1.29 is 0 Å². The van der Waals surface area contributed by atoms with E-state index in [0.717, 1.165) is 6.42 Å². The van der Waals surface area contributed by atoms with Gasteiger partial charge in [0.25, 0.3) is 0 Å². The molecule has 3 N–H and O–H groups in total. The summed E-state index contributed by atoms with van der Waals surface area (Å²) in [6, 6.07) is 9.17. The Hall–Kier alpha value is -0.860. The molecule has 0 heterocycles. The first-order chi connectivity index (χ1) is 9.19. The highest BCUT2D eigenvalue weighted by Crippen LogP contribution is 2.22. The van der Waals surface area contributed by atoms with Crippen LogP contribution in [0.5, 0.6) is 0 Å². The molecule has 0 amide bonds. The summed E-state index contributed by atoms with van der Waals surface area (Å²) < 4.78 is 0. The van der Waals surface area contributed by atoms with Crippen LogP contribution in [0.4, 0.5) is 0 Å². The van der Waals surface area contributed by atoms with Crippen molar-refractivity contribution in [1.29, 1.82) is 0 Å². The van der Waals surface area contributed by atoms with Gasteiger partial charge in [0.15, 0.2) is 0 Å². The average molecular weight is 262 g/mol. The number of benzene rings is 1. The van der Waals surface area contributed by atoms with Gasteiger partial charge in [-0.15, -0.1) is 0 Å². The second-order valence-electron chi connectivity index (χ2n) is 5.74. The highest BCUT2D eigenvalue weighted by atomic mass is 15.2. The van der Waals surface area contributed by atoms with Crippen molar-refractivity contribution in [2.45, 2.75) is 71.3 Å². The number of nitrogens with two attached hydrogens (primary N) is 1. The van der Waals surface area contributed by atoms with Crippen LogP contribution in [0.2, 0.25) is 0 Å². The first kappa shape index (κ1) is 16.2. The van der Waals surface area contributed by atoms with E-state index in [-0.39, 0.29) is 0 Å². The Bertz CT molecular complexity index is 330. The van der Waals surface area contributed by atoms with Crippen LogP contribution >= 0.6 is 0 Å². The molecular formula is C17H30N2. The van der Waals surface area contributed by atoms with Gasteiger partial charge in [0.1, 0.15) is 0 Å². The van der Waals surface area contributed by atoms with Gasteiger partial charge in [-0.3, -0.25) is 11.3 Å². The summed E-state index contributed by atoms with van der Waals surface area (Å²) in [7, 11) is 0. The molecule has 2 heteroatoms. The standard InChI is InChI=1S/C17H30N2/c1-4-5-6-7-8-9-17(19-18)16-12-10-15(11-13-16)14(2)3/h10-14,17,19H,4-9,18H2,1-3H3. The quantitative estimate of drug-likeness (QED) is 0.385. The molecule has 0 aliphatic heterocycles. The number of hydrogen-bond donors (Lipinski definition) is 2. The van der Waals surface area contributed by atoms with Crippen LogP contribution in [0.1, 0.15) is 82.4 Å². The topological polar surface area (TPSA) is 38.0 Å². The minimum Gasteiger partial charge on any atom is -0.271 e. The van der Waals surface area contributed by atoms with E-state index in [1.54, 1.807) is 0 Å². The molecule has 0 aliphatic rings. The fourth-order valence-electron chi connectivity index (χ4n) is 2.41.